The Morgan fingerprint density at radius 2 is 1.95 bits per heavy atom. The first-order chi connectivity index (χ1) is 10.3. The van der Waals surface area contributed by atoms with Crippen LogP contribution >= 0.6 is 0 Å². The van der Waals surface area contributed by atoms with E-state index in [1.54, 1.807) is 31.3 Å². The smallest absolute Gasteiger partial charge is 0.250 e. The number of ether oxygens (including phenoxy) is 1. The van der Waals surface area contributed by atoms with Crippen LogP contribution in [0.25, 0.3) is 10.9 Å². The summed E-state index contributed by atoms with van der Waals surface area (Å²) in [7, 11) is -1.85. The molecule has 0 spiro atoms. The van der Waals surface area contributed by atoms with Crippen LogP contribution in [0.1, 0.15) is 13.8 Å². The third kappa shape index (κ3) is 3.86. The van der Waals surface area contributed by atoms with Gasteiger partial charge >= 0.3 is 0 Å². The van der Waals surface area contributed by atoms with Crippen LogP contribution in [0.3, 0.4) is 0 Å². The van der Waals surface area contributed by atoms with Crippen LogP contribution in [-0.2, 0) is 21.8 Å². The largest absolute Gasteiger partial charge is 0.378 e. The van der Waals surface area contributed by atoms with Crippen molar-refractivity contribution in [3.05, 3.63) is 40.7 Å². The van der Waals surface area contributed by atoms with Gasteiger partial charge in [0.1, 0.15) is 0 Å². The van der Waals surface area contributed by atoms with Crippen molar-refractivity contribution in [2.45, 2.75) is 20.0 Å². The molecule has 120 valence electrons. The molecule has 0 bridgehead atoms. The van der Waals surface area contributed by atoms with Crippen LogP contribution < -0.4 is 10.3 Å². The fourth-order valence-electron chi connectivity index (χ4n) is 2.11. The average molecular weight is 324 g/mol. The number of aromatic nitrogens is 1. The summed E-state index contributed by atoms with van der Waals surface area (Å²) in [5, 5.41) is 0.679. The normalized spacial score (nSPS) is 12.0. The van der Waals surface area contributed by atoms with Crippen molar-refractivity contribution < 1.29 is 13.2 Å². The van der Waals surface area contributed by atoms with Gasteiger partial charge in [-0.05, 0) is 32.0 Å². The Morgan fingerprint density at radius 3 is 2.64 bits per heavy atom. The summed E-state index contributed by atoms with van der Waals surface area (Å²) >= 11 is 0. The number of fused-ring (bicyclic) bond motifs is 1. The summed E-state index contributed by atoms with van der Waals surface area (Å²) < 4.78 is 33.5. The van der Waals surface area contributed by atoms with Crippen molar-refractivity contribution in [2.75, 3.05) is 17.1 Å². The van der Waals surface area contributed by atoms with E-state index in [0.717, 1.165) is 0 Å². The van der Waals surface area contributed by atoms with Crippen LogP contribution in [0.5, 0.6) is 0 Å². The Balaban J connectivity index is 2.28. The molecule has 1 heterocycles. The third-order valence-corrected chi connectivity index (χ3v) is 4.47. The second-order valence-electron chi connectivity index (χ2n) is 5.31. The Kier molecular flexibility index (Phi) is 4.87. The molecule has 0 unspecified atom stereocenters. The summed E-state index contributed by atoms with van der Waals surface area (Å²) in [4.78, 5) is 11.6. The molecule has 0 radical (unpaired) electrons. The standard InChI is InChI=1S/C15H20N2O4S/c1-11(2)21-9-10-22(19,20)16-13-5-4-6-14-12(13)7-8-15(18)17(14)3/h4-8,11,16H,9-10H2,1-3H3. The highest BCUT2D eigenvalue weighted by molar-refractivity contribution is 7.92. The number of anilines is 1. The van der Waals surface area contributed by atoms with Crippen molar-refractivity contribution >= 4 is 26.6 Å². The van der Waals surface area contributed by atoms with Gasteiger partial charge in [0.15, 0.2) is 0 Å². The van der Waals surface area contributed by atoms with Crippen molar-refractivity contribution in [3.8, 4) is 0 Å². The highest BCUT2D eigenvalue weighted by atomic mass is 32.2. The van der Waals surface area contributed by atoms with E-state index < -0.39 is 10.0 Å². The average Bonchev–Trinajstić information content (AvgIpc) is 2.42. The molecule has 0 aliphatic carbocycles. The van der Waals surface area contributed by atoms with Crippen LogP contribution in [-0.4, -0.2) is 31.4 Å². The molecule has 0 fully saturated rings. The van der Waals surface area contributed by atoms with E-state index in [0.29, 0.717) is 16.6 Å². The molecule has 0 saturated heterocycles. The molecule has 6 nitrogen and oxygen atoms in total. The molecule has 1 aromatic heterocycles. The topological polar surface area (TPSA) is 77.4 Å². The van der Waals surface area contributed by atoms with Crippen LogP contribution in [0.2, 0.25) is 0 Å². The second-order valence-corrected chi connectivity index (χ2v) is 7.15. The zero-order valence-corrected chi connectivity index (χ0v) is 13.7. The molecular weight excluding hydrogens is 304 g/mol. The lowest BCUT2D eigenvalue weighted by Crippen LogP contribution is -2.22. The molecule has 1 aromatic carbocycles. The SMILES string of the molecule is CC(C)OCCS(=O)(=O)Nc1cccc2c1ccc(=O)n2C. The zero-order valence-electron chi connectivity index (χ0n) is 12.9. The van der Waals surface area contributed by atoms with Gasteiger partial charge in [0.25, 0.3) is 5.56 Å². The molecule has 7 heteroatoms. The van der Waals surface area contributed by atoms with Crippen molar-refractivity contribution in [1.29, 1.82) is 0 Å². The molecule has 22 heavy (non-hydrogen) atoms. The lowest BCUT2D eigenvalue weighted by Gasteiger charge is -2.13. The summed E-state index contributed by atoms with van der Waals surface area (Å²) in [5.74, 6) is -0.118. The quantitative estimate of drug-likeness (QED) is 0.877. The van der Waals surface area contributed by atoms with Crippen molar-refractivity contribution in [1.82, 2.24) is 4.57 Å². The maximum Gasteiger partial charge on any atom is 0.250 e. The van der Waals surface area contributed by atoms with Gasteiger partial charge in [-0.15, -0.1) is 0 Å². The fourth-order valence-corrected chi connectivity index (χ4v) is 3.04. The van der Waals surface area contributed by atoms with E-state index in [4.69, 9.17) is 4.74 Å². The minimum atomic E-state index is -3.51. The first-order valence-corrected chi connectivity index (χ1v) is 8.66. The number of sulfonamides is 1. The molecule has 2 rings (SSSR count). The maximum atomic E-state index is 12.1. The molecule has 0 saturated carbocycles. The van der Waals surface area contributed by atoms with Gasteiger partial charge < -0.3 is 9.30 Å². The molecule has 0 aliphatic heterocycles. The predicted octanol–water partition coefficient (Wildman–Crippen LogP) is 1.71. The van der Waals surface area contributed by atoms with Gasteiger partial charge in [-0.1, -0.05) is 6.07 Å². The zero-order chi connectivity index (χ0) is 16.3. The van der Waals surface area contributed by atoms with Crippen molar-refractivity contribution in [2.24, 2.45) is 7.05 Å². The van der Waals surface area contributed by atoms with E-state index in [1.807, 2.05) is 13.8 Å². The second kappa shape index (κ2) is 6.50. The van der Waals surface area contributed by atoms with Gasteiger partial charge in [0, 0.05) is 18.5 Å². The van der Waals surface area contributed by atoms with E-state index in [-0.39, 0.29) is 24.0 Å². The number of aryl methyl sites for hydroxylation is 1. The number of nitrogens with zero attached hydrogens (tertiary/aromatic N) is 1. The lowest BCUT2D eigenvalue weighted by molar-refractivity contribution is 0.0913. The maximum absolute atomic E-state index is 12.1. The van der Waals surface area contributed by atoms with Crippen LogP contribution in [0.4, 0.5) is 5.69 Å². The first kappa shape index (κ1) is 16.5. The first-order valence-electron chi connectivity index (χ1n) is 7.01. The predicted molar refractivity (Wildman–Crippen MR) is 87.7 cm³/mol. The number of nitrogens with one attached hydrogen (secondary N) is 1. The highest BCUT2D eigenvalue weighted by Crippen LogP contribution is 2.22. The lowest BCUT2D eigenvalue weighted by atomic mass is 10.2. The van der Waals surface area contributed by atoms with E-state index in [1.165, 1.54) is 10.6 Å². The molecule has 0 atom stereocenters. The minimum absolute atomic E-state index is 0.0118. The monoisotopic (exact) mass is 324 g/mol. The van der Waals surface area contributed by atoms with Crippen LogP contribution in [0.15, 0.2) is 35.1 Å². The van der Waals surface area contributed by atoms with Crippen molar-refractivity contribution in [3.63, 3.8) is 0 Å². The minimum Gasteiger partial charge on any atom is -0.378 e. The highest BCUT2D eigenvalue weighted by Gasteiger charge is 2.13. The van der Waals surface area contributed by atoms with Gasteiger partial charge in [-0.3, -0.25) is 9.52 Å². The van der Waals surface area contributed by atoms with Gasteiger partial charge in [-0.2, -0.15) is 0 Å². The van der Waals surface area contributed by atoms with Gasteiger partial charge in [-0.25, -0.2) is 8.42 Å². The fraction of sp³-hybridized carbons (Fsp3) is 0.400. The summed E-state index contributed by atoms with van der Waals surface area (Å²) in [6, 6.07) is 8.20. The van der Waals surface area contributed by atoms with E-state index in [2.05, 4.69) is 4.72 Å². The van der Waals surface area contributed by atoms with E-state index in [9.17, 15) is 13.2 Å². The summed E-state index contributed by atoms with van der Waals surface area (Å²) in [5.41, 5.74) is 0.988. The summed E-state index contributed by atoms with van der Waals surface area (Å²) in [6.07, 6.45) is -0.0118. The molecule has 0 amide bonds. The Hall–Kier alpha value is -1.86. The van der Waals surface area contributed by atoms with E-state index >= 15 is 0 Å². The molecular formula is C15H20N2O4S. The Morgan fingerprint density at radius 1 is 1.23 bits per heavy atom. The third-order valence-electron chi connectivity index (χ3n) is 3.24. The molecule has 2 aromatic rings. The Bertz CT molecular complexity index is 825. The molecule has 0 aliphatic rings. The van der Waals surface area contributed by atoms with Crippen LogP contribution in [0, 0.1) is 0 Å². The summed E-state index contributed by atoms with van der Waals surface area (Å²) in [6.45, 7) is 3.84. The number of rotatable bonds is 6. The number of pyridine rings is 1. The Labute approximate surface area is 129 Å². The number of hydrogen-bond donors (Lipinski definition) is 1. The van der Waals surface area contributed by atoms with Gasteiger partial charge in [0.2, 0.25) is 10.0 Å². The molecule has 1 N–H and O–H groups in total. The number of hydrogen-bond acceptors (Lipinski definition) is 4. The number of benzene rings is 1. The van der Waals surface area contributed by atoms with Gasteiger partial charge in [0.05, 0.1) is 29.7 Å².